The summed E-state index contributed by atoms with van der Waals surface area (Å²) in [6.45, 7) is 6.19. The highest BCUT2D eigenvalue weighted by Crippen LogP contribution is 2.28. The van der Waals surface area contributed by atoms with E-state index in [4.69, 9.17) is 11.6 Å². The molecule has 8 nitrogen and oxygen atoms in total. The summed E-state index contributed by atoms with van der Waals surface area (Å²) in [6, 6.07) is 4.68. The van der Waals surface area contributed by atoms with Crippen LogP contribution in [0.15, 0.2) is 24.4 Å². The van der Waals surface area contributed by atoms with Crippen LogP contribution >= 0.6 is 11.6 Å². The molecule has 3 aromatic heterocycles. The highest BCUT2D eigenvalue weighted by molar-refractivity contribution is 6.29. The van der Waals surface area contributed by atoms with Crippen LogP contribution in [0, 0.1) is 6.92 Å². The zero-order valence-electron chi connectivity index (χ0n) is 15.0. The fraction of sp³-hybridized carbons (Fsp3) is 0.294. The summed E-state index contributed by atoms with van der Waals surface area (Å²) in [5.41, 5.74) is 8.76. The monoisotopic (exact) mass is 373 g/mol. The summed E-state index contributed by atoms with van der Waals surface area (Å²) in [7, 11) is 1.85. The smallest absolute Gasteiger partial charge is 0.306 e. The lowest BCUT2D eigenvalue weighted by Crippen LogP contribution is -2.34. The number of fused-ring (bicyclic) bond motifs is 1. The average molecular weight is 374 g/mol. The van der Waals surface area contributed by atoms with Crippen LogP contribution in [0.4, 0.5) is 16.3 Å². The molecule has 2 amide bonds. The largest absolute Gasteiger partial charge is 0.337 e. The molecule has 0 bridgehead atoms. The van der Waals surface area contributed by atoms with Crippen LogP contribution in [0.1, 0.15) is 31.0 Å². The number of rotatable bonds is 4. The molecule has 0 spiro atoms. The van der Waals surface area contributed by atoms with Gasteiger partial charge in [0.2, 0.25) is 0 Å². The Morgan fingerprint density at radius 2 is 2.08 bits per heavy atom. The minimum absolute atomic E-state index is 0.289. The third-order valence-electron chi connectivity index (χ3n) is 3.91. The number of hydrogen-bond donors (Lipinski definition) is 3. The van der Waals surface area contributed by atoms with Crippen molar-refractivity contribution in [1.29, 1.82) is 0 Å². The lowest BCUT2D eigenvalue weighted by atomic mass is 10.00. The molecule has 0 aromatic carbocycles. The molecule has 0 saturated carbocycles. The van der Waals surface area contributed by atoms with E-state index in [-0.39, 0.29) is 5.92 Å². The van der Waals surface area contributed by atoms with Gasteiger partial charge < -0.3 is 5.32 Å². The van der Waals surface area contributed by atoms with E-state index in [2.05, 4.69) is 45.1 Å². The number of hydrazine groups is 1. The topological polar surface area (TPSA) is 96.8 Å². The van der Waals surface area contributed by atoms with E-state index >= 15 is 0 Å². The highest BCUT2D eigenvalue weighted by Gasteiger charge is 2.15. The molecule has 0 atom stereocenters. The van der Waals surface area contributed by atoms with Gasteiger partial charge in [0, 0.05) is 24.3 Å². The number of urea groups is 1. The number of halogens is 1. The molecule has 3 aromatic rings. The Morgan fingerprint density at radius 3 is 2.77 bits per heavy atom. The summed E-state index contributed by atoms with van der Waals surface area (Å²) in [5, 5.41) is 8.45. The van der Waals surface area contributed by atoms with E-state index in [0.717, 1.165) is 22.3 Å². The fourth-order valence-electron chi connectivity index (χ4n) is 2.76. The first-order valence-corrected chi connectivity index (χ1v) is 8.51. The number of hydrogen-bond acceptors (Lipinski definition) is 5. The number of nitrogens with zero attached hydrogens (tertiary/aromatic N) is 4. The van der Waals surface area contributed by atoms with Gasteiger partial charge in [0.25, 0.3) is 0 Å². The van der Waals surface area contributed by atoms with Gasteiger partial charge in [0.15, 0.2) is 5.65 Å². The molecule has 0 aliphatic carbocycles. The quantitative estimate of drug-likeness (QED) is 0.479. The number of aromatic nitrogens is 4. The summed E-state index contributed by atoms with van der Waals surface area (Å²) in [4.78, 5) is 20.5. The molecule has 0 radical (unpaired) electrons. The van der Waals surface area contributed by atoms with Crippen LogP contribution < -0.4 is 16.2 Å². The molecule has 0 aliphatic heterocycles. The summed E-state index contributed by atoms with van der Waals surface area (Å²) < 4.78 is 1.74. The number of aryl methyl sites for hydroxylation is 2. The minimum atomic E-state index is -0.443. The Labute approximate surface area is 155 Å². The van der Waals surface area contributed by atoms with Gasteiger partial charge in [-0.2, -0.15) is 5.10 Å². The van der Waals surface area contributed by atoms with Gasteiger partial charge in [0.1, 0.15) is 11.0 Å². The Balaban J connectivity index is 1.78. The first kappa shape index (κ1) is 17.9. The van der Waals surface area contributed by atoms with Gasteiger partial charge in [-0.1, -0.05) is 25.4 Å². The van der Waals surface area contributed by atoms with Crippen LogP contribution in [-0.4, -0.2) is 25.8 Å². The molecular formula is C17H20ClN7O. The van der Waals surface area contributed by atoms with Gasteiger partial charge in [-0.05, 0) is 36.6 Å². The molecule has 9 heteroatoms. The molecule has 0 aliphatic rings. The summed E-state index contributed by atoms with van der Waals surface area (Å²) in [5.74, 6) is 0.823. The van der Waals surface area contributed by atoms with E-state index in [1.807, 2.05) is 20.0 Å². The third kappa shape index (κ3) is 3.70. The lowest BCUT2D eigenvalue weighted by molar-refractivity contribution is 0.254. The average Bonchev–Trinajstić information content (AvgIpc) is 2.86. The second kappa shape index (κ2) is 7.17. The Morgan fingerprint density at radius 1 is 1.31 bits per heavy atom. The van der Waals surface area contributed by atoms with E-state index in [0.29, 0.717) is 16.7 Å². The number of anilines is 2. The predicted molar refractivity (Wildman–Crippen MR) is 102 cm³/mol. The minimum Gasteiger partial charge on any atom is -0.306 e. The molecule has 3 N–H and O–H groups in total. The number of nitrogens with one attached hydrogen (secondary N) is 3. The van der Waals surface area contributed by atoms with Gasteiger partial charge in [-0.3, -0.25) is 15.5 Å². The molecular weight excluding hydrogens is 354 g/mol. The Kier molecular flexibility index (Phi) is 4.94. The first-order chi connectivity index (χ1) is 12.3. The van der Waals surface area contributed by atoms with Crippen LogP contribution in [0.5, 0.6) is 0 Å². The number of pyridine rings is 2. The van der Waals surface area contributed by atoms with Crippen molar-refractivity contribution >= 4 is 40.2 Å². The van der Waals surface area contributed by atoms with Crippen LogP contribution in [0.2, 0.25) is 5.15 Å². The predicted octanol–water partition coefficient (Wildman–Crippen LogP) is 3.60. The maximum atomic E-state index is 12.1. The van der Waals surface area contributed by atoms with Crippen molar-refractivity contribution in [2.24, 2.45) is 7.05 Å². The first-order valence-electron chi connectivity index (χ1n) is 8.14. The van der Waals surface area contributed by atoms with Crippen molar-refractivity contribution in [2.45, 2.75) is 26.7 Å². The SMILES string of the molecule is Cc1nn(C)c2nc(NNC(=O)Nc3ccnc(Cl)c3)cc(C(C)C)c12. The zero-order valence-corrected chi connectivity index (χ0v) is 15.7. The van der Waals surface area contributed by atoms with E-state index in [1.165, 1.54) is 6.20 Å². The van der Waals surface area contributed by atoms with Crippen LogP contribution in [0.25, 0.3) is 11.0 Å². The summed E-state index contributed by atoms with van der Waals surface area (Å²) in [6.07, 6.45) is 1.51. The van der Waals surface area contributed by atoms with Crippen molar-refractivity contribution in [2.75, 3.05) is 10.7 Å². The Bertz CT molecular complexity index is 967. The van der Waals surface area contributed by atoms with Gasteiger partial charge >= 0.3 is 6.03 Å². The number of carbonyl (C=O) groups is 1. The maximum absolute atomic E-state index is 12.1. The van der Waals surface area contributed by atoms with Gasteiger partial charge in [-0.25, -0.2) is 14.8 Å². The maximum Gasteiger partial charge on any atom is 0.337 e. The van der Waals surface area contributed by atoms with E-state index < -0.39 is 6.03 Å². The zero-order chi connectivity index (χ0) is 18.8. The second-order valence-corrected chi connectivity index (χ2v) is 6.62. The molecule has 3 heterocycles. The van der Waals surface area contributed by atoms with E-state index in [9.17, 15) is 4.79 Å². The van der Waals surface area contributed by atoms with Crippen molar-refractivity contribution < 1.29 is 4.79 Å². The standard InChI is InChI=1S/C17H20ClN7O/c1-9(2)12-8-14(21-16-15(12)10(3)24-25(16)4)22-23-17(26)20-11-5-6-19-13(18)7-11/h5-9H,1-4H3,(H,21,22)(H2,19,20,23,26). The second-order valence-electron chi connectivity index (χ2n) is 6.23. The molecule has 136 valence electrons. The van der Waals surface area contributed by atoms with Crippen LogP contribution in [-0.2, 0) is 7.05 Å². The van der Waals surface area contributed by atoms with Gasteiger partial charge in [-0.15, -0.1) is 0 Å². The van der Waals surface area contributed by atoms with Crippen LogP contribution in [0.3, 0.4) is 0 Å². The number of amides is 2. The highest BCUT2D eigenvalue weighted by atomic mass is 35.5. The molecule has 0 unspecified atom stereocenters. The van der Waals surface area contributed by atoms with Crippen molar-refractivity contribution in [1.82, 2.24) is 25.2 Å². The lowest BCUT2D eigenvalue weighted by Gasteiger charge is -2.13. The molecule has 0 fully saturated rings. The summed E-state index contributed by atoms with van der Waals surface area (Å²) >= 11 is 5.80. The Hall–Kier alpha value is -2.87. The van der Waals surface area contributed by atoms with Crippen molar-refractivity contribution in [3.8, 4) is 0 Å². The molecule has 26 heavy (non-hydrogen) atoms. The normalized spacial score (nSPS) is 11.0. The van der Waals surface area contributed by atoms with E-state index in [1.54, 1.807) is 16.8 Å². The van der Waals surface area contributed by atoms with Gasteiger partial charge in [0.05, 0.1) is 5.69 Å². The molecule has 0 saturated heterocycles. The van der Waals surface area contributed by atoms with Crippen molar-refractivity contribution in [3.05, 3.63) is 40.8 Å². The fourth-order valence-corrected chi connectivity index (χ4v) is 2.93. The number of carbonyl (C=O) groups excluding carboxylic acids is 1. The third-order valence-corrected chi connectivity index (χ3v) is 4.12. The van der Waals surface area contributed by atoms with Crippen molar-refractivity contribution in [3.63, 3.8) is 0 Å². The molecule has 3 rings (SSSR count).